The van der Waals surface area contributed by atoms with Crippen LogP contribution in [0.1, 0.15) is 18.4 Å². The Hall–Kier alpha value is -2.73. The van der Waals surface area contributed by atoms with Gasteiger partial charge in [-0.05, 0) is 55.6 Å². The molecular formula is C23H29N3O3. The number of fused-ring (bicyclic) bond motifs is 1. The van der Waals surface area contributed by atoms with Gasteiger partial charge in [-0.25, -0.2) is 0 Å². The van der Waals surface area contributed by atoms with E-state index in [-0.39, 0.29) is 12.5 Å². The van der Waals surface area contributed by atoms with E-state index >= 15 is 0 Å². The van der Waals surface area contributed by atoms with E-state index in [9.17, 15) is 4.79 Å². The van der Waals surface area contributed by atoms with Gasteiger partial charge in [0, 0.05) is 26.2 Å². The van der Waals surface area contributed by atoms with Crippen LogP contribution >= 0.6 is 0 Å². The first-order valence-electron chi connectivity index (χ1n) is 10.4. The van der Waals surface area contributed by atoms with Gasteiger partial charge >= 0.3 is 0 Å². The van der Waals surface area contributed by atoms with Crippen LogP contribution in [0.15, 0.2) is 42.5 Å². The summed E-state index contributed by atoms with van der Waals surface area (Å²) in [5.74, 6) is 1.65. The number of nitrogens with zero attached hydrogens (tertiary/aromatic N) is 2. The minimum absolute atomic E-state index is 0.0870. The second kappa shape index (κ2) is 9.18. The molecule has 6 heteroatoms. The lowest BCUT2D eigenvalue weighted by molar-refractivity contribution is -0.118. The monoisotopic (exact) mass is 395 g/mol. The zero-order valence-corrected chi connectivity index (χ0v) is 17.0. The molecule has 2 aromatic carbocycles. The summed E-state index contributed by atoms with van der Waals surface area (Å²) in [6.45, 7) is 5.49. The molecule has 4 rings (SSSR count). The average molecular weight is 396 g/mol. The van der Waals surface area contributed by atoms with Crippen LogP contribution in [0.5, 0.6) is 11.5 Å². The molecule has 0 saturated carbocycles. The fourth-order valence-electron chi connectivity index (χ4n) is 4.04. The highest BCUT2D eigenvalue weighted by atomic mass is 16.5. The summed E-state index contributed by atoms with van der Waals surface area (Å²) in [5.41, 5.74) is 3.24. The van der Waals surface area contributed by atoms with Crippen molar-refractivity contribution in [1.29, 1.82) is 0 Å². The van der Waals surface area contributed by atoms with Gasteiger partial charge in [0.2, 0.25) is 0 Å². The Kier molecular flexibility index (Phi) is 6.20. The molecule has 154 valence electrons. The highest BCUT2D eigenvalue weighted by molar-refractivity contribution is 5.95. The van der Waals surface area contributed by atoms with Crippen LogP contribution < -0.4 is 19.7 Å². The van der Waals surface area contributed by atoms with Crippen molar-refractivity contribution in [2.75, 3.05) is 56.7 Å². The number of hydrogen-bond donors (Lipinski definition) is 1. The van der Waals surface area contributed by atoms with Crippen LogP contribution in [0.3, 0.4) is 0 Å². The van der Waals surface area contributed by atoms with Crippen LogP contribution in [0.4, 0.5) is 11.4 Å². The predicted octanol–water partition coefficient (Wildman–Crippen LogP) is 3.17. The number of para-hydroxylation sites is 2. The molecule has 2 aliphatic heterocycles. The molecule has 0 aliphatic carbocycles. The van der Waals surface area contributed by atoms with Crippen molar-refractivity contribution in [3.05, 3.63) is 48.0 Å². The molecule has 0 radical (unpaired) electrons. The van der Waals surface area contributed by atoms with Crippen molar-refractivity contribution in [3.63, 3.8) is 0 Å². The molecule has 1 saturated heterocycles. The molecule has 0 unspecified atom stereocenters. The van der Waals surface area contributed by atoms with E-state index in [0.29, 0.717) is 0 Å². The van der Waals surface area contributed by atoms with E-state index < -0.39 is 0 Å². The Morgan fingerprint density at radius 2 is 1.90 bits per heavy atom. The quantitative estimate of drug-likeness (QED) is 0.730. The number of nitrogens with one attached hydrogen (secondary N) is 1. The Bertz CT molecular complexity index is 847. The van der Waals surface area contributed by atoms with Gasteiger partial charge in [-0.3, -0.25) is 9.69 Å². The summed E-state index contributed by atoms with van der Waals surface area (Å²) in [7, 11) is 1.74. The van der Waals surface area contributed by atoms with Gasteiger partial charge in [-0.15, -0.1) is 0 Å². The first kappa shape index (κ1) is 19.6. The normalized spacial score (nSPS) is 16.7. The van der Waals surface area contributed by atoms with Gasteiger partial charge in [-0.2, -0.15) is 0 Å². The van der Waals surface area contributed by atoms with Crippen molar-refractivity contribution in [2.24, 2.45) is 0 Å². The van der Waals surface area contributed by atoms with Crippen LogP contribution in [-0.2, 0) is 11.2 Å². The summed E-state index contributed by atoms with van der Waals surface area (Å²) >= 11 is 0. The maximum absolute atomic E-state index is 11.4. The number of anilines is 2. The lowest BCUT2D eigenvalue weighted by Crippen LogP contribution is -2.46. The Balaban J connectivity index is 1.19. The standard InChI is InChI=1S/C23H29N3O3/c1-28-21-8-3-2-7-20(21)26-14-12-25(13-15-26)11-5-4-6-18-9-10-19-22(16-18)29-17-23(27)24-19/h2-3,7-10,16H,4-6,11-15,17H2,1H3,(H,24,27). The summed E-state index contributed by atoms with van der Waals surface area (Å²) in [6.07, 6.45) is 3.37. The number of amides is 1. The number of aryl methyl sites for hydroxylation is 1. The van der Waals surface area contributed by atoms with Gasteiger partial charge in [0.05, 0.1) is 18.5 Å². The predicted molar refractivity (Wildman–Crippen MR) is 115 cm³/mol. The summed E-state index contributed by atoms with van der Waals surface area (Å²) in [4.78, 5) is 16.3. The molecule has 1 N–H and O–H groups in total. The Morgan fingerprint density at radius 1 is 1.07 bits per heavy atom. The number of benzene rings is 2. The Morgan fingerprint density at radius 3 is 2.72 bits per heavy atom. The first-order chi connectivity index (χ1) is 14.2. The number of piperazine rings is 1. The number of unbranched alkanes of at least 4 members (excludes halogenated alkanes) is 1. The number of carbonyl (C=O) groups excluding carboxylic acids is 1. The van der Waals surface area contributed by atoms with Crippen LogP contribution in [0, 0.1) is 0 Å². The van der Waals surface area contributed by atoms with E-state index in [0.717, 1.165) is 62.8 Å². The van der Waals surface area contributed by atoms with Gasteiger partial charge < -0.3 is 19.7 Å². The van der Waals surface area contributed by atoms with Gasteiger partial charge in [0.1, 0.15) is 11.5 Å². The fourth-order valence-corrected chi connectivity index (χ4v) is 4.04. The largest absolute Gasteiger partial charge is 0.495 e. The average Bonchev–Trinajstić information content (AvgIpc) is 2.77. The topological polar surface area (TPSA) is 54.0 Å². The summed E-state index contributed by atoms with van der Waals surface area (Å²) in [5, 5.41) is 2.84. The highest BCUT2D eigenvalue weighted by Crippen LogP contribution is 2.30. The Labute approximate surface area is 172 Å². The molecule has 0 spiro atoms. The van der Waals surface area contributed by atoms with Crippen molar-refractivity contribution in [3.8, 4) is 11.5 Å². The molecule has 6 nitrogen and oxygen atoms in total. The minimum atomic E-state index is -0.0870. The van der Waals surface area contributed by atoms with Gasteiger partial charge in [0.15, 0.2) is 6.61 Å². The van der Waals surface area contributed by atoms with Crippen LogP contribution in [-0.4, -0.2) is 57.2 Å². The molecule has 29 heavy (non-hydrogen) atoms. The van der Waals surface area contributed by atoms with Crippen molar-refractivity contribution >= 4 is 17.3 Å². The second-order valence-electron chi connectivity index (χ2n) is 7.63. The van der Waals surface area contributed by atoms with Gasteiger partial charge in [0.25, 0.3) is 5.91 Å². The van der Waals surface area contributed by atoms with E-state index in [4.69, 9.17) is 9.47 Å². The third-order valence-corrected chi connectivity index (χ3v) is 5.67. The number of hydrogen-bond acceptors (Lipinski definition) is 5. The summed E-state index contributed by atoms with van der Waals surface area (Å²) in [6, 6.07) is 14.3. The maximum atomic E-state index is 11.4. The molecule has 0 atom stereocenters. The molecule has 0 aromatic heterocycles. The number of methoxy groups -OCH3 is 1. The smallest absolute Gasteiger partial charge is 0.262 e. The lowest BCUT2D eigenvalue weighted by atomic mass is 10.1. The molecular weight excluding hydrogens is 366 g/mol. The van der Waals surface area contributed by atoms with E-state index in [2.05, 4.69) is 39.4 Å². The number of carbonyl (C=O) groups is 1. The molecule has 2 aromatic rings. The summed E-state index contributed by atoms with van der Waals surface area (Å²) < 4.78 is 11.0. The molecule has 2 aliphatic rings. The number of ether oxygens (including phenoxy) is 2. The minimum Gasteiger partial charge on any atom is -0.495 e. The third kappa shape index (κ3) is 4.82. The van der Waals surface area contributed by atoms with E-state index in [1.807, 2.05) is 18.2 Å². The van der Waals surface area contributed by atoms with Crippen LogP contribution in [0.2, 0.25) is 0 Å². The van der Waals surface area contributed by atoms with Crippen molar-refractivity contribution in [1.82, 2.24) is 4.90 Å². The number of rotatable bonds is 7. The van der Waals surface area contributed by atoms with E-state index in [1.165, 1.54) is 17.7 Å². The molecule has 1 fully saturated rings. The molecule has 1 amide bonds. The highest BCUT2D eigenvalue weighted by Gasteiger charge is 2.19. The molecule has 2 heterocycles. The first-order valence-corrected chi connectivity index (χ1v) is 10.4. The zero-order chi connectivity index (χ0) is 20.1. The third-order valence-electron chi connectivity index (χ3n) is 5.67. The maximum Gasteiger partial charge on any atom is 0.262 e. The van der Waals surface area contributed by atoms with Crippen LogP contribution in [0.25, 0.3) is 0 Å². The fraction of sp³-hybridized carbons (Fsp3) is 0.435. The second-order valence-corrected chi connectivity index (χ2v) is 7.63. The van der Waals surface area contributed by atoms with Crippen molar-refractivity contribution < 1.29 is 14.3 Å². The lowest BCUT2D eigenvalue weighted by Gasteiger charge is -2.36. The van der Waals surface area contributed by atoms with Gasteiger partial charge in [-0.1, -0.05) is 18.2 Å². The zero-order valence-electron chi connectivity index (χ0n) is 17.0. The van der Waals surface area contributed by atoms with Crippen molar-refractivity contribution in [2.45, 2.75) is 19.3 Å². The molecule has 0 bridgehead atoms. The SMILES string of the molecule is COc1ccccc1N1CCN(CCCCc2ccc3c(c2)OCC(=O)N3)CC1. The van der Waals surface area contributed by atoms with E-state index in [1.54, 1.807) is 7.11 Å².